The van der Waals surface area contributed by atoms with Crippen LogP contribution in [0.5, 0.6) is 0 Å². The highest BCUT2D eigenvalue weighted by molar-refractivity contribution is 14.1. The number of aliphatic hydroxyl groups is 1. The number of rotatable bonds is 2. The Labute approximate surface area is 108 Å². The molecular weight excluding hydrogens is 341 g/mol. The lowest BCUT2D eigenvalue weighted by Crippen LogP contribution is -2.31. The molecule has 1 aromatic rings. The van der Waals surface area contributed by atoms with Gasteiger partial charge in [-0.2, -0.15) is 0 Å². The second-order valence-electron chi connectivity index (χ2n) is 3.90. The number of nitrogens with one attached hydrogen (secondary N) is 1. The van der Waals surface area contributed by atoms with E-state index < -0.39 is 22.0 Å². The third kappa shape index (κ3) is 2.86. The molecule has 0 radical (unpaired) electrons. The van der Waals surface area contributed by atoms with Gasteiger partial charge in [0.2, 0.25) is 0 Å². The van der Waals surface area contributed by atoms with Gasteiger partial charge in [0.15, 0.2) is 9.84 Å². The molecular formula is C10H12INO3S. The quantitative estimate of drug-likeness (QED) is 0.775. The van der Waals surface area contributed by atoms with Gasteiger partial charge in [-0.1, -0.05) is 0 Å². The first kappa shape index (κ1) is 12.1. The summed E-state index contributed by atoms with van der Waals surface area (Å²) in [6, 6.07) is 7.21. The Kier molecular flexibility index (Phi) is 3.41. The van der Waals surface area contributed by atoms with Gasteiger partial charge >= 0.3 is 0 Å². The van der Waals surface area contributed by atoms with Crippen molar-refractivity contribution in [1.29, 1.82) is 0 Å². The molecule has 1 heterocycles. The number of halogens is 1. The number of sulfone groups is 1. The fourth-order valence-electron chi connectivity index (χ4n) is 1.73. The third-order valence-electron chi connectivity index (χ3n) is 2.52. The highest BCUT2D eigenvalue weighted by atomic mass is 127. The van der Waals surface area contributed by atoms with Gasteiger partial charge in [-0.3, -0.25) is 0 Å². The molecule has 1 fully saturated rings. The van der Waals surface area contributed by atoms with Gasteiger partial charge in [0.1, 0.15) is 0 Å². The second-order valence-corrected chi connectivity index (χ2v) is 7.30. The summed E-state index contributed by atoms with van der Waals surface area (Å²) in [6.45, 7) is 0. The van der Waals surface area contributed by atoms with Crippen LogP contribution >= 0.6 is 22.6 Å². The zero-order chi connectivity index (χ0) is 11.8. The number of aliphatic hydroxyl groups excluding tert-OH is 1. The number of hydrogen-bond acceptors (Lipinski definition) is 4. The maximum absolute atomic E-state index is 11.3. The van der Waals surface area contributed by atoms with Crippen molar-refractivity contribution >= 4 is 38.1 Å². The van der Waals surface area contributed by atoms with Crippen LogP contribution in [0.2, 0.25) is 0 Å². The Morgan fingerprint density at radius 3 is 2.38 bits per heavy atom. The summed E-state index contributed by atoms with van der Waals surface area (Å²) in [5, 5.41) is 12.6. The summed E-state index contributed by atoms with van der Waals surface area (Å²) in [7, 11) is -3.09. The Hall–Kier alpha value is -0.340. The van der Waals surface area contributed by atoms with E-state index in [1.807, 2.05) is 24.3 Å². The van der Waals surface area contributed by atoms with Gasteiger partial charge in [0.25, 0.3) is 0 Å². The molecule has 0 amide bonds. The Morgan fingerprint density at radius 1 is 1.25 bits per heavy atom. The number of anilines is 1. The summed E-state index contributed by atoms with van der Waals surface area (Å²) in [4.78, 5) is 0. The molecule has 1 saturated heterocycles. The topological polar surface area (TPSA) is 66.4 Å². The molecule has 2 atom stereocenters. The highest BCUT2D eigenvalue weighted by Gasteiger charge is 2.36. The van der Waals surface area contributed by atoms with E-state index in [0.717, 1.165) is 9.26 Å². The van der Waals surface area contributed by atoms with Crippen LogP contribution in [0.4, 0.5) is 5.69 Å². The second kappa shape index (κ2) is 4.50. The fraction of sp³-hybridized carbons (Fsp3) is 0.400. The maximum atomic E-state index is 11.3. The van der Waals surface area contributed by atoms with E-state index >= 15 is 0 Å². The van der Waals surface area contributed by atoms with E-state index in [0.29, 0.717) is 0 Å². The predicted octanol–water partition coefficient (Wildman–Crippen LogP) is 0.861. The maximum Gasteiger partial charge on any atom is 0.155 e. The molecule has 0 aromatic heterocycles. The predicted molar refractivity (Wildman–Crippen MR) is 71.2 cm³/mol. The van der Waals surface area contributed by atoms with Gasteiger partial charge in [0.05, 0.1) is 23.7 Å². The number of hydrogen-bond donors (Lipinski definition) is 2. The Morgan fingerprint density at radius 2 is 1.88 bits per heavy atom. The Balaban J connectivity index is 2.08. The highest BCUT2D eigenvalue weighted by Crippen LogP contribution is 2.18. The van der Waals surface area contributed by atoms with E-state index in [1.54, 1.807) is 0 Å². The molecule has 2 rings (SSSR count). The summed E-state index contributed by atoms with van der Waals surface area (Å²) < 4.78 is 23.7. The van der Waals surface area contributed by atoms with Gasteiger partial charge in [-0.25, -0.2) is 8.42 Å². The first-order valence-electron chi connectivity index (χ1n) is 4.87. The van der Waals surface area contributed by atoms with Crippen LogP contribution < -0.4 is 5.32 Å². The molecule has 2 unspecified atom stereocenters. The van der Waals surface area contributed by atoms with Gasteiger partial charge in [-0.15, -0.1) is 0 Å². The van der Waals surface area contributed by atoms with Crippen molar-refractivity contribution in [3.8, 4) is 0 Å². The summed E-state index contributed by atoms with van der Waals surface area (Å²) in [6.07, 6.45) is -0.815. The molecule has 2 N–H and O–H groups in total. The molecule has 0 spiro atoms. The molecule has 1 aliphatic rings. The molecule has 6 heteroatoms. The lowest BCUT2D eigenvalue weighted by molar-refractivity contribution is 0.190. The SMILES string of the molecule is O=S1(=O)CC(O)C(Nc2ccc(I)cc2)C1. The normalized spacial score (nSPS) is 27.9. The fourth-order valence-corrected chi connectivity index (χ4v) is 3.83. The molecule has 0 saturated carbocycles. The van der Waals surface area contributed by atoms with Crippen molar-refractivity contribution in [1.82, 2.24) is 0 Å². The van der Waals surface area contributed by atoms with Crippen molar-refractivity contribution in [3.63, 3.8) is 0 Å². The van der Waals surface area contributed by atoms with Gasteiger partial charge < -0.3 is 10.4 Å². The minimum Gasteiger partial charge on any atom is -0.390 e. The van der Waals surface area contributed by atoms with Gasteiger partial charge in [0, 0.05) is 9.26 Å². The van der Waals surface area contributed by atoms with Crippen LogP contribution in [0.15, 0.2) is 24.3 Å². The first-order chi connectivity index (χ1) is 7.46. The monoisotopic (exact) mass is 353 g/mol. The minimum absolute atomic E-state index is 0.000152. The molecule has 88 valence electrons. The summed E-state index contributed by atoms with van der Waals surface area (Å²) in [5.74, 6) is -0.144. The summed E-state index contributed by atoms with van der Waals surface area (Å²) >= 11 is 2.20. The van der Waals surface area contributed by atoms with E-state index in [2.05, 4.69) is 27.9 Å². The van der Waals surface area contributed by atoms with E-state index in [9.17, 15) is 13.5 Å². The van der Waals surface area contributed by atoms with Crippen molar-refractivity contribution in [3.05, 3.63) is 27.8 Å². The molecule has 4 nitrogen and oxygen atoms in total. The van der Waals surface area contributed by atoms with Crippen LogP contribution in [0.25, 0.3) is 0 Å². The zero-order valence-electron chi connectivity index (χ0n) is 8.43. The molecule has 0 aliphatic carbocycles. The zero-order valence-corrected chi connectivity index (χ0v) is 11.4. The minimum atomic E-state index is -3.09. The van der Waals surface area contributed by atoms with Crippen LogP contribution in [-0.2, 0) is 9.84 Å². The third-order valence-corrected chi connectivity index (χ3v) is 4.95. The Bertz CT molecular complexity index is 471. The van der Waals surface area contributed by atoms with Crippen molar-refractivity contribution < 1.29 is 13.5 Å². The molecule has 1 aromatic carbocycles. The lowest BCUT2D eigenvalue weighted by Gasteiger charge is -2.16. The van der Waals surface area contributed by atoms with Crippen molar-refractivity contribution in [2.24, 2.45) is 0 Å². The largest absolute Gasteiger partial charge is 0.390 e. The molecule has 16 heavy (non-hydrogen) atoms. The molecule has 1 aliphatic heterocycles. The van der Waals surface area contributed by atoms with E-state index in [4.69, 9.17) is 0 Å². The average Bonchev–Trinajstić information content (AvgIpc) is 2.44. The van der Waals surface area contributed by atoms with Crippen molar-refractivity contribution in [2.45, 2.75) is 12.1 Å². The van der Waals surface area contributed by atoms with Crippen LogP contribution in [-0.4, -0.2) is 37.2 Å². The van der Waals surface area contributed by atoms with Crippen molar-refractivity contribution in [2.75, 3.05) is 16.8 Å². The van der Waals surface area contributed by atoms with E-state index in [-0.39, 0.29) is 11.5 Å². The van der Waals surface area contributed by atoms with Crippen LogP contribution in [0, 0.1) is 3.57 Å². The average molecular weight is 353 g/mol. The lowest BCUT2D eigenvalue weighted by atomic mass is 10.2. The van der Waals surface area contributed by atoms with Crippen LogP contribution in [0.1, 0.15) is 0 Å². The number of benzene rings is 1. The standard InChI is InChI=1S/C10H12INO3S/c11-7-1-3-8(4-2-7)12-9-5-16(14,15)6-10(9)13/h1-4,9-10,12-13H,5-6H2. The first-order valence-corrected chi connectivity index (χ1v) is 7.77. The van der Waals surface area contributed by atoms with E-state index in [1.165, 1.54) is 0 Å². The molecule has 0 bridgehead atoms. The smallest absolute Gasteiger partial charge is 0.155 e. The van der Waals surface area contributed by atoms with Crippen LogP contribution in [0.3, 0.4) is 0 Å². The van der Waals surface area contributed by atoms with Gasteiger partial charge in [-0.05, 0) is 46.9 Å². The summed E-state index contributed by atoms with van der Waals surface area (Å²) in [5.41, 5.74) is 0.835.